The molecule has 1 N–H and O–H groups in total. The van der Waals surface area contributed by atoms with E-state index >= 15 is 0 Å². The summed E-state index contributed by atoms with van der Waals surface area (Å²) in [6.07, 6.45) is 7.35. The average molecular weight is 271 g/mol. The number of nitrogens with zero attached hydrogens (tertiary/aromatic N) is 2. The highest BCUT2D eigenvalue weighted by molar-refractivity contribution is 5.25. The highest BCUT2D eigenvalue weighted by atomic mass is 15.3. The summed E-state index contributed by atoms with van der Waals surface area (Å²) in [4.78, 5) is 0. The second-order valence-electron chi connectivity index (χ2n) is 5.23. The number of benzene rings is 1. The predicted octanol–water partition coefficient (Wildman–Crippen LogP) is 3.58. The maximum Gasteiger partial charge on any atom is 0.0604 e. The predicted molar refractivity (Wildman–Crippen MR) is 83.7 cm³/mol. The van der Waals surface area contributed by atoms with Gasteiger partial charge >= 0.3 is 0 Å². The highest BCUT2D eigenvalue weighted by Gasteiger charge is 2.11. The van der Waals surface area contributed by atoms with Crippen LogP contribution in [0.15, 0.2) is 42.7 Å². The van der Waals surface area contributed by atoms with E-state index in [0.717, 1.165) is 25.9 Å². The van der Waals surface area contributed by atoms with Crippen LogP contribution >= 0.6 is 0 Å². The second-order valence-corrected chi connectivity index (χ2v) is 5.23. The van der Waals surface area contributed by atoms with E-state index in [1.165, 1.54) is 17.5 Å². The molecule has 0 aliphatic heterocycles. The van der Waals surface area contributed by atoms with Gasteiger partial charge < -0.3 is 5.32 Å². The maximum absolute atomic E-state index is 4.31. The van der Waals surface area contributed by atoms with Crippen LogP contribution in [-0.4, -0.2) is 16.3 Å². The van der Waals surface area contributed by atoms with E-state index in [2.05, 4.69) is 48.5 Å². The van der Waals surface area contributed by atoms with Gasteiger partial charge in [0.2, 0.25) is 0 Å². The molecular weight excluding hydrogens is 246 g/mol. The quantitative estimate of drug-likeness (QED) is 0.795. The van der Waals surface area contributed by atoms with Crippen molar-refractivity contribution in [1.82, 2.24) is 15.1 Å². The zero-order valence-corrected chi connectivity index (χ0v) is 12.5. The third-order valence-corrected chi connectivity index (χ3v) is 3.49. The maximum atomic E-state index is 4.31. The standard InChI is InChI=1S/C17H25N3/c1-3-6-15-7-9-16(10-8-15)17(18-11-4-2)14-20-13-5-12-19-20/h5,7-10,12-13,17-18H,3-4,6,11,14H2,1-2H3. The topological polar surface area (TPSA) is 29.9 Å². The lowest BCUT2D eigenvalue weighted by Gasteiger charge is -2.19. The molecule has 0 saturated carbocycles. The Morgan fingerprint density at radius 3 is 2.55 bits per heavy atom. The van der Waals surface area contributed by atoms with Crippen molar-refractivity contribution in [2.45, 2.75) is 45.7 Å². The molecule has 20 heavy (non-hydrogen) atoms. The summed E-state index contributed by atoms with van der Waals surface area (Å²) >= 11 is 0. The van der Waals surface area contributed by atoms with Crippen LogP contribution in [-0.2, 0) is 13.0 Å². The number of hydrogen-bond donors (Lipinski definition) is 1. The molecule has 3 nitrogen and oxygen atoms in total. The molecule has 0 aliphatic rings. The van der Waals surface area contributed by atoms with Gasteiger partial charge in [0.25, 0.3) is 0 Å². The molecule has 2 rings (SSSR count). The lowest BCUT2D eigenvalue weighted by atomic mass is 10.0. The van der Waals surface area contributed by atoms with Crippen LogP contribution in [0.4, 0.5) is 0 Å². The SMILES string of the molecule is CCCNC(Cn1cccn1)c1ccc(CCC)cc1. The van der Waals surface area contributed by atoms with Crippen molar-refractivity contribution in [2.75, 3.05) is 6.54 Å². The third-order valence-electron chi connectivity index (χ3n) is 3.49. The van der Waals surface area contributed by atoms with E-state index in [-0.39, 0.29) is 0 Å². The summed E-state index contributed by atoms with van der Waals surface area (Å²) in [5, 5.41) is 7.93. The van der Waals surface area contributed by atoms with Gasteiger partial charge in [-0.25, -0.2) is 0 Å². The lowest BCUT2D eigenvalue weighted by molar-refractivity contribution is 0.439. The van der Waals surface area contributed by atoms with Crippen molar-refractivity contribution in [3.05, 3.63) is 53.9 Å². The summed E-state index contributed by atoms with van der Waals surface area (Å²) in [7, 11) is 0. The summed E-state index contributed by atoms with van der Waals surface area (Å²) in [6.45, 7) is 6.32. The molecule has 0 bridgehead atoms. The molecule has 3 heteroatoms. The molecule has 0 saturated heterocycles. The van der Waals surface area contributed by atoms with E-state index in [9.17, 15) is 0 Å². The van der Waals surface area contributed by atoms with Gasteiger partial charge in [-0.3, -0.25) is 4.68 Å². The summed E-state index contributed by atoms with van der Waals surface area (Å²) in [5.41, 5.74) is 2.76. The van der Waals surface area contributed by atoms with Crippen molar-refractivity contribution < 1.29 is 0 Å². The minimum atomic E-state index is 0.325. The molecule has 1 atom stereocenters. The van der Waals surface area contributed by atoms with E-state index in [0.29, 0.717) is 6.04 Å². The van der Waals surface area contributed by atoms with Crippen LogP contribution in [0, 0.1) is 0 Å². The van der Waals surface area contributed by atoms with Gasteiger partial charge in [0.05, 0.1) is 12.6 Å². The van der Waals surface area contributed by atoms with Crippen LogP contribution < -0.4 is 5.32 Å². The van der Waals surface area contributed by atoms with Crippen molar-refractivity contribution in [1.29, 1.82) is 0 Å². The molecule has 108 valence electrons. The monoisotopic (exact) mass is 271 g/mol. The molecule has 2 aromatic rings. The molecule has 0 fully saturated rings. The average Bonchev–Trinajstić information content (AvgIpc) is 2.98. The Bertz CT molecular complexity index is 473. The molecule has 0 radical (unpaired) electrons. The molecule has 0 amide bonds. The summed E-state index contributed by atoms with van der Waals surface area (Å²) in [5.74, 6) is 0. The number of hydrogen-bond acceptors (Lipinski definition) is 2. The van der Waals surface area contributed by atoms with Gasteiger partial charge in [-0.2, -0.15) is 5.10 Å². The summed E-state index contributed by atoms with van der Waals surface area (Å²) in [6, 6.07) is 11.3. The lowest BCUT2D eigenvalue weighted by Crippen LogP contribution is -2.26. The van der Waals surface area contributed by atoms with Crippen molar-refractivity contribution >= 4 is 0 Å². The molecule has 0 aliphatic carbocycles. The Morgan fingerprint density at radius 1 is 1.15 bits per heavy atom. The minimum absolute atomic E-state index is 0.325. The van der Waals surface area contributed by atoms with Gasteiger partial charge in [0.15, 0.2) is 0 Å². The first-order valence-electron chi connectivity index (χ1n) is 7.63. The molecule has 1 unspecified atom stereocenters. The number of aromatic nitrogens is 2. The van der Waals surface area contributed by atoms with Crippen molar-refractivity contribution in [2.24, 2.45) is 0 Å². The number of rotatable bonds is 8. The van der Waals surface area contributed by atoms with Gasteiger partial charge in [-0.1, -0.05) is 44.5 Å². The first-order chi connectivity index (χ1) is 9.83. The minimum Gasteiger partial charge on any atom is -0.308 e. The van der Waals surface area contributed by atoms with Crippen LogP contribution in [0.5, 0.6) is 0 Å². The third kappa shape index (κ3) is 4.20. The largest absolute Gasteiger partial charge is 0.308 e. The van der Waals surface area contributed by atoms with Gasteiger partial charge in [0.1, 0.15) is 0 Å². The Hall–Kier alpha value is -1.61. The van der Waals surface area contributed by atoms with E-state index in [1.54, 1.807) is 0 Å². The fourth-order valence-corrected chi connectivity index (χ4v) is 2.41. The van der Waals surface area contributed by atoms with Crippen LogP contribution in [0.1, 0.15) is 43.9 Å². The Kier molecular flexibility index (Phi) is 5.81. The molecule has 0 spiro atoms. The number of aryl methyl sites for hydroxylation is 1. The zero-order chi connectivity index (χ0) is 14.2. The molecule has 1 aromatic heterocycles. The van der Waals surface area contributed by atoms with Crippen LogP contribution in [0.2, 0.25) is 0 Å². The molecule has 1 heterocycles. The molecular formula is C17H25N3. The smallest absolute Gasteiger partial charge is 0.0604 e. The van der Waals surface area contributed by atoms with Crippen molar-refractivity contribution in [3.63, 3.8) is 0 Å². The first-order valence-corrected chi connectivity index (χ1v) is 7.63. The Balaban J connectivity index is 2.08. The van der Waals surface area contributed by atoms with E-state index < -0.39 is 0 Å². The normalized spacial score (nSPS) is 12.5. The highest BCUT2D eigenvalue weighted by Crippen LogP contribution is 2.17. The number of nitrogens with one attached hydrogen (secondary N) is 1. The fraction of sp³-hybridized carbons (Fsp3) is 0.471. The van der Waals surface area contributed by atoms with Crippen molar-refractivity contribution in [3.8, 4) is 0 Å². The zero-order valence-electron chi connectivity index (χ0n) is 12.5. The Morgan fingerprint density at radius 2 is 1.95 bits per heavy atom. The second kappa shape index (κ2) is 7.85. The fourth-order valence-electron chi connectivity index (χ4n) is 2.41. The van der Waals surface area contributed by atoms with Crippen LogP contribution in [0.3, 0.4) is 0 Å². The molecule has 1 aromatic carbocycles. The van der Waals surface area contributed by atoms with Gasteiger partial charge in [0, 0.05) is 12.4 Å². The van der Waals surface area contributed by atoms with E-state index in [1.807, 2.05) is 23.1 Å². The van der Waals surface area contributed by atoms with E-state index in [4.69, 9.17) is 0 Å². The first kappa shape index (κ1) is 14.8. The van der Waals surface area contributed by atoms with Gasteiger partial charge in [-0.05, 0) is 36.6 Å². The van der Waals surface area contributed by atoms with Gasteiger partial charge in [-0.15, -0.1) is 0 Å². The summed E-state index contributed by atoms with van der Waals surface area (Å²) < 4.78 is 1.99. The van der Waals surface area contributed by atoms with Crippen LogP contribution in [0.25, 0.3) is 0 Å². The Labute approximate surface area is 122 Å².